The molecule has 2 aromatic rings. The Balaban J connectivity index is 2.48. The van der Waals surface area contributed by atoms with Gasteiger partial charge in [0.1, 0.15) is 0 Å². The van der Waals surface area contributed by atoms with Crippen molar-refractivity contribution in [3.05, 3.63) is 60.2 Å². The number of nitrogens with two attached hydrogens (primary N) is 1. The number of hydrogen-bond donors (Lipinski definition) is 1. The van der Waals surface area contributed by atoms with Crippen molar-refractivity contribution >= 4 is 5.91 Å². The van der Waals surface area contributed by atoms with Gasteiger partial charge in [0, 0.05) is 12.5 Å². The van der Waals surface area contributed by atoms with E-state index in [1.807, 2.05) is 49.3 Å². The summed E-state index contributed by atoms with van der Waals surface area (Å²) < 4.78 is 0. The van der Waals surface area contributed by atoms with Gasteiger partial charge in [0.2, 0.25) is 5.91 Å². The summed E-state index contributed by atoms with van der Waals surface area (Å²) in [6.07, 6.45) is 0.316. The van der Waals surface area contributed by atoms with E-state index in [0.717, 1.165) is 16.7 Å². The molecule has 0 bridgehead atoms. The molecule has 104 valence electrons. The van der Waals surface area contributed by atoms with E-state index in [1.54, 1.807) is 0 Å². The molecular weight excluding hydrogens is 248 g/mol. The topological polar surface area (TPSA) is 46.3 Å². The molecule has 0 aliphatic heterocycles. The minimum Gasteiger partial charge on any atom is -0.370 e. The van der Waals surface area contributed by atoms with Crippen LogP contribution in [0.2, 0.25) is 0 Å². The van der Waals surface area contributed by atoms with E-state index in [-0.39, 0.29) is 11.9 Å². The van der Waals surface area contributed by atoms with E-state index in [9.17, 15) is 4.79 Å². The van der Waals surface area contributed by atoms with E-state index in [4.69, 9.17) is 5.73 Å². The molecule has 0 aliphatic rings. The molecule has 0 heterocycles. The first-order valence-electron chi connectivity index (χ1n) is 6.68. The van der Waals surface area contributed by atoms with Crippen LogP contribution in [-0.4, -0.2) is 24.9 Å². The number of carbonyl (C=O) groups excluding carboxylic acids is 1. The lowest BCUT2D eigenvalue weighted by Gasteiger charge is -2.26. The first-order chi connectivity index (χ1) is 9.59. The van der Waals surface area contributed by atoms with Crippen LogP contribution in [0.5, 0.6) is 0 Å². The number of hydrogen-bond acceptors (Lipinski definition) is 2. The van der Waals surface area contributed by atoms with Crippen molar-refractivity contribution in [2.24, 2.45) is 5.73 Å². The van der Waals surface area contributed by atoms with Gasteiger partial charge in [-0.1, -0.05) is 54.6 Å². The van der Waals surface area contributed by atoms with Gasteiger partial charge in [-0.05, 0) is 30.8 Å². The van der Waals surface area contributed by atoms with Crippen molar-refractivity contribution in [3.63, 3.8) is 0 Å². The Labute approximate surface area is 120 Å². The van der Waals surface area contributed by atoms with Crippen molar-refractivity contribution < 1.29 is 4.79 Å². The van der Waals surface area contributed by atoms with Gasteiger partial charge in [0.25, 0.3) is 0 Å². The molecule has 0 fully saturated rings. The molecular formula is C17H20N2O. The lowest BCUT2D eigenvalue weighted by molar-refractivity contribution is -0.119. The molecule has 1 atom stereocenters. The molecule has 3 heteroatoms. The van der Waals surface area contributed by atoms with Crippen molar-refractivity contribution in [1.82, 2.24) is 4.90 Å². The van der Waals surface area contributed by atoms with Gasteiger partial charge < -0.3 is 10.6 Å². The van der Waals surface area contributed by atoms with Gasteiger partial charge in [-0.15, -0.1) is 0 Å². The summed E-state index contributed by atoms with van der Waals surface area (Å²) >= 11 is 0. The molecule has 1 unspecified atom stereocenters. The molecule has 0 aromatic heterocycles. The van der Waals surface area contributed by atoms with Crippen LogP contribution >= 0.6 is 0 Å². The first kappa shape index (κ1) is 14.3. The van der Waals surface area contributed by atoms with Gasteiger partial charge in [-0.25, -0.2) is 0 Å². The third kappa shape index (κ3) is 3.25. The van der Waals surface area contributed by atoms with Gasteiger partial charge in [-0.3, -0.25) is 4.79 Å². The number of benzene rings is 2. The van der Waals surface area contributed by atoms with E-state index in [1.165, 1.54) is 0 Å². The SMILES string of the molecule is CN(C)C(CC(N)=O)c1ccccc1-c1ccccc1. The summed E-state index contributed by atoms with van der Waals surface area (Å²) in [6.45, 7) is 0. The highest BCUT2D eigenvalue weighted by Crippen LogP contribution is 2.31. The summed E-state index contributed by atoms with van der Waals surface area (Å²) in [6, 6.07) is 18.4. The second-order valence-electron chi connectivity index (χ2n) is 5.10. The minimum atomic E-state index is -0.286. The first-order valence-corrected chi connectivity index (χ1v) is 6.68. The van der Waals surface area contributed by atoms with Crippen LogP contribution in [0.3, 0.4) is 0 Å². The van der Waals surface area contributed by atoms with Crippen molar-refractivity contribution in [2.75, 3.05) is 14.1 Å². The molecule has 0 aliphatic carbocycles. The van der Waals surface area contributed by atoms with Crippen LogP contribution in [-0.2, 0) is 4.79 Å². The van der Waals surface area contributed by atoms with Crippen LogP contribution in [0.4, 0.5) is 0 Å². The van der Waals surface area contributed by atoms with Crippen LogP contribution in [0.25, 0.3) is 11.1 Å². The van der Waals surface area contributed by atoms with Crippen LogP contribution in [0.1, 0.15) is 18.0 Å². The zero-order chi connectivity index (χ0) is 14.5. The molecule has 0 radical (unpaired) electrons. The van der Waals surface area contributed by atoms with Gasteiger partial charge in [0.05, 0.1) is 0 Å². The molecule has 20 heavy (non-hydrogen) atoms. The quantitative estimate of drug-likeness (QED) is 0.906. The predicted octanol–water partition coefficient (Wildman–Crippen LogP) is 2.83. The third-order valence-corrected chi connectivity index (χ3v) is 3.42. The largest absolute Gasteiger partial charge is 0.370 e. The number of carbonyl (C=O) groups is 1. The average molecular weight is 268 g/mol. The molecule has 2 aromatic carbocycles. The summed E-state index contributed by atoms with van der Waals surface area (Å²) in [5, 5.41) is 0. The lowest BCUT2D eigenvalue weighted by Crippen LogP contribution is -2.26. The lowest BCUT2D eigenvalue weighted by atomic mass is 9.92. The van der Waals surface area contributed by atoms with Crippen LogP contribution in [0, 0.1) is 0 Å². The Morgan fingerprint density at radius 1 is 1.05 bits per heavy atom. The number of nitrogens with zero attached hydrogens (tertiary/aromatic N) is 1. The highest BCUT2D eigenvalue weighted by atomic mass is 16.1. The number of rotatable bonds is 5. The Morgan fingerprint density at radius 2 is 1.65 bits per heavy atom. The summed E-state index contributed by atoms with van der Waals surface area (Å²) in [5.41, 5.74) is 8.82. The van der Waals surface area contributed by atoms with Crippen LogP contribution < -0.4 is 5.73 Å². The molecule has 0 saturated heterocycles. The summed E-state index contributed by atoms with van der Waals surface area (Å²) in [7, 11) is 3.94. The monoisotopic (exact) mass is 268 g/mol. The van der Waals surface area contributed by atoms with Gasteiger partial charge in [0.15, 0.2) is 0 Å². The van der Waals surface area contributed by atoms with Crippen molar-refractivity contribution in [1.29, 1.82) is 0 Å². The maximum Gasteiger partial charge on any atom is 0.219 e. The van der Waals surface area contributed by atoms with Crippen molar-refractivity contribution in [2.45, 2.75) is 12.5 Å². The smallest absolute Gasteiger partial charge is 0.219 e. The van der Waals surface area contributed by atoms with Crippen molar-refractivity contribution in [3.8, 4) is 11.1 Å². The highest BCUT2D eigenvalue weighted by Gasteiger charge is 2.20. The van der Waals surface area contributed by atoms with E-state index < -0.39 is 0 Å². The standard InChI is InChI=1S/C17H20N2O/c1-19(2)16(12-17(18)20)15-11-7-6-10-14(15)13-8-4-3-5-9-13/h3-11,16H,12H2,1-2H3,(H2,18,20). The Morgan fingerprint density at radius 3 is 2.25 bits per heavy atom. The third-order valence-electron chi connectivity index (χ3n) is 3.42. The fourth-order valence-corrected chi connectivity index (χ4v) is 2.43. The van der Waals surface area contributed by atoms with Crippen LogP contribution in [0.15, 0.2) is 54.6 Å². The van der Waals surface area contributed by atoms with Gasteiger partial charge >= 0.3 is 0 Å². The summed E-state index contributed by atoms with van der Waals surface area (Å²) in [5.74, 6) is -0.286. The predicted molar refractivity (Wildman–Crippen MR) is 82.1 cm³/mol. The maximum atomic E-state index is 11.3. The molecule has 2 N–H and O–H groups in total. The number of primary amides is 1. The average Bonchev–Trinajstić information content (AvgIpc) is 2.45. The van der Waals surface area contributed by atoms with E-state index >= 15 is 0 Å². The second-order valence-corrected chi connectivity index (χ2v) is 5.10. The zero-order valence-corrected chi connectivity index (χ0v) is 11.9. The Bertz CT molecular complexity index is 579. The Kier molecular flexibility index (Phi) is 4.53. The minimum absolute atomic E-state index is 0.0103. The fraction of sp³-hybridized carbons (Fsp3) is 0.235. The zero-order valence-electron chi connectivity index (χ0n) is 11.9. The molecule has 0 spiro atoms. The molecule has 2 rings (SSSR count). The number of amides is 1. The maximum absolute atomic E-state index is 11.3. The van der Waals surface area contributed by atoms with Gasteiger partial charge in [-0.2, -0.15) is 0 Å². The summed E-state index contributed by atoms with van der Waals surface area (Å²) in [4.78, 5) is 13.4. The second kappa shape index (κ2) is 6.35. The molecule has 1 amide bonds. The normalized spacial score (nSPS) is 12.3. The van der Waals surface area contributed by atoms with E-state index in [0.29, 0.717) is 6.42 Å². The van der Waals surface area contributed by atoms with E-state index in [2.05, 4.69) is 24.3 Å². The molecule has 3 nitrogen and oxygen atoms in total. The Hall–Kier alpha value is -2.13. The fourth-order valence-electron chi connectivity index (χ4n) is 2.43. The molecule has 0 saturated carbocycles. The highest BCUT2D eigenvalue weighted by molar-refractivity contribution is 5.76.